The second-order valence-electron chi connectivity index (χ2n) is 5.02. The van der Waals surface area contributed by atoms with Gasteiger partial charge in [0.25, 0.3) is 0 Å². The average molecular weight is 341 g/mol. The fourth-order valence-corrected chi connectivity index (χ4v) is 2.71. The molecule has 1 aromatic carbocycles. The van der Waals surface area contributed by atoms with Crippen LogP contribution in [0.1, 0.15) is 18.4 Å². The van der Waals surface area contributed by atoms with E-state index in [0.717, 1.165) is 6.26 Å². The average Bonchev–Trinajstić information content (AvgIpc) is 3.00. The third kappa shape index (κ3) is 4.20. The molecule has 0 spiro atoms. The summed E-state index contributed by atoms with van der Waals surface area (Å²) in [5.41, 5.74) is 6.50. The lowest BCUT2D eigenvalue weighted by atomic mass is 10.1. The predicted molar refractivity (Wildman–Crippen MR) is 84.1 cm³/mol. The summed E-state index contributed by atoms with van der Waals surface area (Å²) >= 11 is 0. The summed E-state index contributed by atoms with van der Waals surface area (Å²) < 4.78 is 38.1. The van der Waals surface area contributed by atoms with Crippen molar-refractivity contribution < 1.29 is 22.4 Å². The predicted octanol–water partition coefficient (Wildman–Crippen LogP) is 1.19. The van der Waals surface area contributed by atoms with Crippen molar-refractivity contribution in [3.63, 3.8) is 0 Å². The molecule has 1 aromatic heterocycles. The van der Waals surface area contributed by atoms with Crippen LogP contribution in [0.4, 0.5) is 0 Å². The SMILES string of the molecule is COc1cccc(-c2noc(C(N)CCS(C)(=O)=O)n2)c1OC. The number of rotatable bonds is 7. The molecule has 2 rings (SSSR count). The van der Waals surface area contributed by atoms with E-state index >= 15 is 0 Å². The number of hydrogen-bond acceptors (Lipinski definition) is 8. The molecule has 0 aliphatic carbocycles. The van der Waals surface area contributed by atoms with Gasteiger partial charge in [-0.25, -0.2) is 8.42 Å². The number of ether oxygens (including phenoxy) is 2. The van der Waals surface area contributed by atoms with Crippen molar-refractivity contribution in [2.75, 3.05) is 26.2 Å². The first-order chi connectivity index (χ1) is 10.9. The van der Waals surface area contributed by atoms with Crippen LogP contribution >= 0.6 is 0 Å². The van der Waals surface area contributed by atoms with Gasteiger partial charge in [-0.05, 0) is 18.6 Å². The Kier molecular flexibility index (Phi) is 5.22. The third-order valence-electron chi connectivity index (χ3n) is 3.20. The molecule has 2 N–H and O–H groups in total. The second kappa shape index (κ2) is 6.97. The summed E-state index contributed by atoms with van der Waals surface area (Å²) in [6.45, 7) is 0. The fraction of sp³-hybridized carbons (Fsp3) is 0.429. The summed E-state index contributed by atoms with van der Waals surface area (Å²) in [6, 6.07) is 4.64. The highest BCUT2D eigenvalue weighted by molar-refractivity contribution is 7.90. The lowest BCUT2D eigenvalue weighted by molar-refractivity contribution is 0.350. The van der Waals surface area contributed by atoms with Crippen molar-refractivity contribution in [1.29, 1.82) is 0 Å². The molecule has 8 nitrogen and oxygen atoms in total. The minimum absolute atomic E-state index is 0.0473. The Labute approximate surface area is 134 Å². The van der Waals surface area contributed by atoms with Crippen LogP contribution in [0.2, 0.25) is 0 Å². The molecule has 0 aliphatic rings. The second-order valence-corrected chi connectivity index (χ2v) is 7.28. The summed E-state index contributed by atoms with van der Waals surface area (Å²) in [5, 5.41) is 3.88. The summed E-state index contributed by atoms with van der Waals surface area (Å²) in [6.07, 6.45) is 1.36. The van der Waals surface area contributed by atoms with E-state index in [2.05, 4.69) is 10.1 Å². The largest absolute Gasteiger partial charge is 0.493 e. The van der Waals surface area contributed by atoms with Crippen LogP contribution in [0.15, 0.2) is 22.7 Å². The smallest absolute Gasteiger partial charge is 0.243 e. The zero-order valence-electron chi connectivity index (χ0n) is 13.1. The van der Waals surface area contributed by atoms with Crippen LogP contribution in [0.25, 0.3) is 11.4 Å². The van der Waals surface area contributed by atoms with E-state index in [4.69, 9.17) is 19.7 Å². The van der Waals surface area contributed by atoms with Gasteiger partial charge >= 0.3 is 0 Å². The van der Waals surface area contributed by atoms with E-state index in [-0.39, 0.29) is 18.1 Å². The monoisotopic (exact) mass is 341 g/mol. The molecular weight excluding hydrogens is 322 g/mol. The first-order valence-corrected chi connectivity index (χ1v) is 8.90. The maximum absolute atomic E-state index is 11.2. The molecule has 0 saturated carbocycles. The van der Waals surface area contributed by atoms with E-state index in [1.54, 1.807) is 18.2 Å². The number of para-hydroxylation sites is 1. The number of aromatic nitrogens is 2. The number of sulfone groups is 1. The molecular formula is C14H19N3O5S. The third-order valence-corrected chi connectivity index (χ3v) is 4.18. The van der Waals surface area contributed by atoms with E-state index in [0.29, 0.717) is 22.9 Å². The molecule has 0 radical (unpaired) electrons. The number of methoxy groups -OCH3 is 2. The first kappa shape index (κ1) is 17.2. The summed E-state index contributed by atoms with van der Waals surface area (Å²) in [4.78, 5) is 4.23. The molecule has 2 aromatic rings. The molecule has 9 heteroatoms. The van der Waals surface area contributed by atoms with Crippen molar-refractivity contribution >= 4 is 9.84 Å². The van der Waals surface area contributed by atoms with Gasteiger partial charge in [0, 0.05) is 6.26 Å². The van der Waals surface area contributed by atoms with Crippen LogP contribution in [-0.4, -0.2) is 44.8 Å². The Balaban J connectivity index is 2.26. The zero-order chi connectivity index (χ0) is 17.0. The molecule has 0 amide bonds. The van der Waals surface area contributed by atoms with Crippen LogP contribution < -0.4 is 15.2 Å². The highest BCUT2D eigenvalue weighted by atomic mass is 32.2. The number of benzene rings is 1. The summed E-state index contributed by atoms with van der Waals surface area (Å²) in [5.74, 6) is 1.44. The van der Waals surface area contributed by atoms with Crippen molar-refractivity contribution in [2.45, 2.75) is 12.5 Å². The number of hydrogen-bond donors (Lipinski definition) is 1. The van der Waals surface area contributed by atoms with E-state index < -0.39 is 15.9 Å². The van der Waals surface area contributed by atoms with Gasteiger partial charge in [0.05, 0.1) is 31.6 Å². The number of nitrogens with zero attached hydrogens (tertiary/aromatic N) is 2. The van der Waals surface area contributed by atoms with Crippen molar-refractivity contribution in [1.82, 2.24) is 10.1 Å². The lowest BCUT2D eigenvalue weighted by Gasteiger charge is -2.09. The standard InChI is InChI=1S/C14H19N3O5S/c1-20-11-6-4-5-9(12(11)21-2)13-16-14(22-17-13)10(15)7-8-23(3,18)19/h4-6,10H,7-8,15H2,1-3H3. The molecule has 0 fully saturated rings. The molecule has 0 bridgehead atoms. The number of nitrogens with two attached hydrogens (primary N) is 1. The fourth-order valence-electron chi connectivity index (χ4n) is 2.02. The highest BCUT2D eigenvalue weighted by Gasteiger charge is 2.20. The lowest BCUT2D eigenvalue weighted by Crippen LogP contribution is -2.16. The molecule has 0 saturated heterocycles. The van der Waals surface area contributed by atoms with Crippen LogP contribution in [0, 0.1) is 0 Å². The normalized spacial score (nSPS) is 12.9. The van der Waals surface area contributed by atoms with Gasteiger partial charge in [0.2, 0.25) is 11.7 Å². The van der Waals surface area contributed by atoms with Gasteiger partial charge in [0.15, 0.2) is 11.5 Å². The Hall–Kier alpha value is -2.13. The maximum Gasteiger partial charge on any atom is 0.243 e. The quantitative estimate of drug-likeness (QED) is 0.798. The minimum Gasteiger partial charge on any atom is -0.493 e. The maximum atomic E-state index is 11.2. The van der Waals surface area contributed by atoms with Gasteiger partial charge in [-0.3, -0.25) is 0 Å². The Morgan fingerprint density at radius 2 is 2.04 bits per heavy atom. The van der Waals surface area contributed by atoms with Crippen molar-refractivity contribution in [3.8, 4) is 22.9 Å². The zero-order valence-corrected chi connectivity index (χ0v) is 14.0. The molecule has 0 aliphatic heterocycles. The van der Waals surface area contributed by atoms with Crippen LogP contribution in [-0.2, 0) is 9.84 Å². The van der Waals surface area contributed by atoms with E-state index in [1.165, 1.54) is 14.2 Å². The van der Waals surface area contributed by atoms with Gasteiger partial charge in [-0.2, -0.15) is 4.98 Å². The van der Waals surface area contributed by atoms with E-state index in [1.807, 2.05) is 0 Å². The van der Waals surface area contributed by atoms with E-state index in [9.17, 15) is 8.42 Å². The topological polar surface area (TPSA) is 118 Å². The molecule has 126 valence electrons. The Bertz CT molecular complexity index is 772. The summed E-state index contributed by atoms with van der Waals surface area (Å²) in [7, 11) is -0.0524. The Morgan fingerprint density at radius 3 is 2.65 bits per heavy atom. The molecule has 23 heavy (non-hydrogen) atoms. The molecule has 1 unspecified atom stereocenters. The van der Waals surface area contributed by atoms with Gasteiger partial charge in [-0.1, -0.05) is 11.2 Å². The van der Waals surface area contributed by atoms with Gasteiger partial charge in [0.1, 0.15) is 9.84 Å². The van der Waals surface area contributed by atoms with Gasteiger partial charge < -0.3 is 19.7 Å². The highest BCUT2D eigenvalue weighted by Crippen LogP contribution is 2.36. The molecule has 1 atom stereocenters. The Morgan fingerprint density at radius 1 is 1.30 bits per heavy atom. The van der Waals surface area contributed by atoms with Crippen LogP contribution in [0.3, 0.4) is 0 Å². The van der Waals surface area contributed by atoms with Gasteiger partial charge in [-0.15, -0.1) is 0 Å². The van der Waals surface area contributed by atoms with Crippen molar-refractivity contribution in [3.05, 3.63) is 24.1 Å². The first-order valence-electron chi connectivity index (χ1n) is 6.84. The van der Waals surface area contributed by atoms with Crippen LogP contribution in [0.5, 0.6) is 11.5 Å². The minimum atomic E-state index is -3.10. The molecule has 1 heterocycles. The van der Waals surface area contributed by atoms with Crippen molar-refractivity contribution in [2.24, 2.45) is 5.73 Å².